The van der Waals surface area contributed by atoms with Crippen LogP contribution in [0.1, 0.15) is 39.0 Å². The van der Waals surface area contributed by atoms with E-state index in [2.05, 4.69) is 4.72 Å². The number of carbonyl (C=O) groups is 1. The molecule has 2 aliphatic carbocycles. The monoisotopic (exact) mass is 493 g/mol. The third-order valence-electron chi connectivity index (χ3n) is 5.88. The fourth-order valence-electron chi connectivity index (χ4n) is 4.30. The molecule has 166 valence electrons. The molecule has 0 aliphatic heterocycles. The summed E-state index contributed by atoms with van der Waals surface area (Å²) < 4.78 is 47.3. The summed E-state index contributed by atoms with van der Waals surface area (Å²) in [6.45, 7) is 1.79. The summed E-state index contributed by atoms with van der Waals surface area (Å²) in [5.74, 6) is -1.24. The van der Waals surface area contributed by atoms with E-state index < -0.39 is 32.5 Å². The van der Waals surface area contributed by atoms with Crippen molar-refractivity contribution in [2.75, 3.05) is 11.3 Å². The quantitative estimate of drug-likeness (QED) is 0.412. The number of ether oxygens (including phenoxy) is 1. The van der Waals surface area contributed by atoms with E-state index in [4.69, 9.17) is 41.6 Å². The van der Waals surface area contributed by atoms with Crippen molar-refractivity contribution in [1.82, 2.24) is 0 Å². The van der Waals surface area contributed by atoms with E-state index in [1.807, 2.05) is 0 Å². The highest BCUT2D eigenvalue weighted by Gasteiger charge is 2.49. The topological polar surface area (TPSA) is 72.5 Å². The van der Waals surface area contributed by atoms with Gasteiger partial charge in [-0.15, -0.1) is 0 Å². The van der Waals surface area contributed by atoms with Gasteiger partial charge in [-0.05, 0) is 50.8 Å². The zero-order chi connectivity index (χ0) is 22.1. The van der Waals surface area contributed by atoms with Gasteiger partial charge in [0.1, 0.15) is 11.1 Å². The lowest BCUT2D eigenvalue weighted by Crippen LogP contribution is -2.48. The third-order valence-corrected chi connectivity index (χ3v) is 9.41. The molecule has 2 aliphatic rings. The van der Waals surface area contributed by atoms with Crippen LogP contribution in [0.3, 0.4) is 0 Å². The predicted octanol–water partition coefficient (Wildman–Crippen LogP) is 4.64. The SMILES string of the molecule is CCOC(=O)C1=CC2(CCC1S(=O)(=O)Nc1ccc(F)cc1Cl)C(S)CCCC2S. The number of hydrogen-bond donors (Lipinski definition) is 3. The van der Waals surface area contributed by atoms with Crippen molar-refractivity contribution in [2.24, 2.45) is 5.41 Å². The largest absolute Gasteiger partial charge is 0.463 e. The molecule has 1 saturated carbocycles. The molecule has 3 atom stereocenters. The first-order chi connectivity index (χ1) is 14.1. The number of halogens is 2. The van der Waals surface area contributed by atoms with E-state index in [9.17, 15) is 17.6 Å². The maximum Gasteiger partial charge on any atom is 0.335 e. The summed E-state index contributed by atoms with van der Waals surface area (Å²) in [5, 5.41) is -1.24. The van der Waals surface area contributed by atoms with E-state index >= 15 is 0 Å². The molecule has 30 heavy (non-hydrogen) atoms. The summed E-state index contributed by atoms with van der Waals surface area (Å²) in [5.41, 5.74) is -0.334. The first-order valence-electron chi connectivity index (χ1n) is 9.83. The summed E-state index contributed by atoms with van der Waals surface area (Å²) >= 11 is 15.5. The van der Waals surface area contributed by atoms with Gasteiger partial charge in [0.05, 0.1) is 22.9 Å². The highest BCUT2D eigenvalue weighted by molar-refractivity contribution is 7.93. The number of esters is 1. The van der Waals surface area contributed by atoms with E-state index in [1.165, 1.54) is 6.07 Å². The van der Waals surface area contributed by atoms with Gasteiger partial charge < -0.3 is 4.74 Å². The summed E-state index contributed by atoms with van der Waals surface area (Å²) in [4.78, 5) is 12.8. The van der Waals surface area contributed by atoms with Gasteiger partial charge in [-0.2, -0.15) is 25.3 Å². The number of carbonyl (C=O) groups excluding carboxylic acids is 1. The van der Waals surface area contributed by atoms with Crippen molar-refractivity contribution in [2.45, 2.75) is 54.8 Å². The Labute approximate surface area is 192 Å². The minimum absolute atomic E-state index is 0.0265. The molecule has 1 spiro atoms. The number of allylic oxidation sites excluding steroid dienone is 1. The Balaban J connectivity index is 2.00. The molecular weight excluding hydrogens is 469 g/mol. The van der Waals surface area contributed by atoms with Crippen LogP contribution in [0.15, 0.2) is 29.8 Å². The molecule has 0 radical (unpaired) electrons. The van der Waals surface area contributed by atoms with Crippen molar-refractivity contribution < 1.29 is 22.3 Å². The Kier molecular flexibility index (Phi) is 7.37. The minimum Gasteiger partial charge on any atom is -0.463 e. The molecular formula is C20H25ClFNO4S3. The van der Waals surface area contributed by atoms with Crippen molar-refractivity contribution in [3.05, 3.63) is 40.7 Å². The average molecular weight is 494 g/mol. The van der Waals surface area contributed by atoms with Crippen LogP contribution >= 0.6 is 36.9 Å². The molecule has 3 rings (SSSR count). The molecule has 0 bridgehead atoms. The Morgan fingerprint density at radius 2 is 1.97 bits per heavy atom. The molecule has 5 nitrogen and oxygen atoms in total. The molecule has 0 aromatic heterocycles. The molecule has 10 heteroatoms. The lowest BCUT2D eigenvalue weighted by molar-refractivity contribution is -0.138. The number of thiol groups is 2. The van der Waals surface area contributed by atoms with Crippen LogP contribution in [-0.4, -0.2) is 36.7 Å². The normalized spacial score (nSPS) is 29.4. The van der Waals surface area contributed by atoms with Crippen molar-refractivity contribution in [1.29, 1.82) is 0 Å². The van der Waals surface area contributed by atoms with Crippen molar-refractivity contribution >= 4 is 58.5 Å². The number of sulfonamides is 1. The van der Waals surface area contributed by atoms with Crippen LogP contribution < -0.4 is 4.72 Å². The standard InChI is InChI=1S/C20H25ClFNO4S3/c1-2-27-19(24)13-11-20(17(28)4-3-5-18(20)29)9-8-16(13)30(25,26)23-15-7-6-12(22)10-14(15)21/h6-7,10-11,16-18,23,28-29H,2-5,8-9H2,1H3. The van der Waals surface area contributed by atoms with E-state index in [1.54, 1.807) is 13.0 Å². The summed E-state index contributed by atoms with van der Waals surface area (Å²) in [6.07, 6.45) is 5.20. The zero-order valence-corrected chi connectivity index (χ0v) is 19.8. The van der Waals surface area contributed by atoms with Crippen LogP contribution in [0.25, 0.3) is 0 Å². The van der Waals surface area contributed by atoms with E-state index in [0.29, 0.717) is 6.42 Å². The lowest BCUT2D eigenvalue weighted by atomic mass is 9.66. The molecule has 1 aromatic rings. The summed E-state index contributed by atoms with van der Waals surface area (Å²) in [6, 6.07) is 3.39. The molecule has 0 heterocycles. The molecule has 1 aromatic carbocycles. The second-order valence-corrected chi connectivity index (χ2v) is 11.2. The van der Waals surface area contributed by atoms with E-state index in [0.717, 1.165) is 31.4 Å². The molecule has 0 amide bonds. The zero-order valence-electron chi connectivity index (χ0n) is 16.5. The number of nitrogens with one attached hydrogen (secondary N) is 1. The minimum atomic E-state index is -4.05. The first kappa shape index (κ1) is 23.8. The Hall–Kier alpha value is -0.900. The van der Waals surface area contributed by atoms with Gasteiger partial charge in [-0.25, -0.2) is 17.6 Å². The fourth-order valence-corrected chi connectivity index (χ4v) is 7.38. The Bertz CT molecular complexity index is 943. The maximum absolute atomic E-state index is 13.3. The van der Waals surface area contributed by atoms with Crippen molar-refractivity contribution in [3.63, 3.8) is 0 Å². The lowest BCUT2D eigenvalue weighted by Gasteiger charge is -2.48. The average Bonchev–Trinajstić information content (AvgIpc) is 2.68. The highest BCUT2D eigenvalue weighted by Crippen LogP contribution is 2.51. The molecule has 1 N–H and O–H groups in total. The van der Waals surface area contributed by atoms with Gasteiger partial charge in [0, 0.05) is 15.9 Å². The number of hydrogen-bond acceptors (Lipinski definition) is 6. The highest BCUT2D eigenvalue weighted by atomic mass is 35.5. The van der Waals surface area contributed by atoms with Crippen LogP contribution in [-0.2, 0) is 19.6 Å². The number of benzene rings is 1. The third kappa shape index (κ3) is 4.64. The van der Waals surface area contributed by atoms with Crippen molar-refractivity contribution in [3.8, 4) is 0 Å². The van der Waals surface area contributed by atoms with Crippen LogP contribution in [0, 0.1) is 11.2 Å². The van der Waals surface area contributed by atoms with Crippen LogP contribution in [0.5, 0.6) is 0 Å². The second-order valence-electron chi connectivity index (χ2n) is 7.69. The molecule has 1 fully saturated rings. The second kappa shape index (κ2) is 9.30. The van der Waals surface area contributed by atoms with Gasteiger partial charge in [0.25, 0.3) is 0 Å². The van der Waals surface area contributed by atoms with E-state index in [-0.39, 0.29) is 39.8 Å². The van der Waals surface area contributed by atoms with Gasteiger partial charge in [-0.3, -0.25) is 4.72 Å². The fraction of sp³-hybridized carbons (Fsp3) is 0.550. The Morgan fingerprint density at radius 1 is 1.30 bits per heavy atom. The maximum atomic E-state index is 13.3. The van der Waals surface area contributed by atoms with Gasteiger partial charge in [0.15, 0.2) is 0 Å². The number of anilines is 1. The smallest absolute Gasteiger partial charge is 0.335 e. The van der Waals surface area contributed by atoms with Gasteiger partial charge >= 0.3 is 5.97 Å². The predicted molar refractivity (Wildman–Crippen MR) is 124 cm³/mol. The summed E-state index contributed by atoms with van der Waals surface area (Å²) in [7, 11) is -4.05. The van der Waals surface area contributed by atoms with Gasteiger partial charge in [0.2, 0.25) is 10.0 Å². The molecule has 3 unspecified atom stereocenters. The van der Waals surface area contributed by atoms with Gasteiger partial charge in [-0.1, -0.05) is 24.1 Å². The molecule has 0 saturated heterocycles. The Morgan fingerprint density at radius 3 is 2.57 bits per heavy atom. The first-order valence-corrected chi connectivity index (χ1v) is 12.8. The number of rotatable bonds is 5. The van der Waals surface area contributed by atoms with Crippen LogP contribution in [0.2, 0.25) is 5.02 Å². The van der Waals surface area contributed by atoms with Crippen LogP contribution in [0.4, 0.5) is 10.1 Å².